The Hall–Kier alpha value is -3.46. The van der Waals surface area contributed by atoms with Crippen LogP contribution in [0, 0.1) is 0 Å². The van der Waals surface area contributed by atoms with Crippen LogP contribution in [0.3, 0.4) is 0 Å². The van der Waals surface area contributed by atoms with Gasteiger partial charge in [-0.15, -0.1) is 0 Å². The van der Waals surface area contributed by atoms with Crippen LogP contribution in [0.5, 0.6) is 5.75 Å². The second kappa shape index (κ2) is 7.65. The van der Waals surface area contributed by atoms with Gasteiger partial charge in [-0.3, -0.25) is 4.79 Å². The maximum atomic E-state index is 11.8. The average molecular weight is 400 g/mol. The number of rotatable bonds is 5. The second-order valence-corrected chi connectivity index (χ2v) is 6.74. The lowest BCUT2D eigenvalue weighted by Crippen LogP contribution is -1.99. The lowest BCUT2D eigenvalue weighted by Gasteiger charge is -2.09. The summed E-state index contributed by atoms with van der Waals surface area (Å²) in [5.41, 5.74) is 2.83. The molecule has 0 unspecified atom stereocenters. The van der Waals surface area contributed by atoms with Gasteiger partial charge in [-0.1, -0.05) is 10.4 Å². The number of aromatic carboxylic acids is 1. The van der Waals surface area contributed by atoms with Crippen molar-refractivity contribution in [1.82, 2.24) is 4.57 Å². The van der Waals surface area contributed by atoms with E-state index in [0.29, 0.717) is 12.2 Å². The third-order valence-corrected chi connectivity index (χ3v) is 4.71. The van der Waals surface area contributed by atoms with Crippen molar-refractivity contribution in [2.45, 2.75) is 6.42 Å². The number of aromatic nitrogens is 1. The van der Waals surface area contributed by atoms with Gasteiger partial charge < -0.3 is 14.4 Å². The molecule has 2 aromatic carbocycles. The topological polar surface area (TPSA) is 115 Å². The van der Waals surface area contributed by atoms with Crippen LogP contribution in [0.1, 0.15) is 31.8 Å². The van der Waals surface area contributed by atoms with Crippen molar-refractivity contribution in [3.8, 4) is 5.75 Å². The van der Waals surface area contributed by atoms with E-state index in [2.05, 4.69) is 4.36 Å². The zero-order valence-corrected chi connectivity index (χ0v) is 15.9. The van der Waals surface area contributed by atoms with Gasteiger partial charge in [-0.25, -0.2) is 4.79 Å². The lowest BCUT2D eigenvalue weighted by molar-refractivity contribution is 0.0696. The van der Waals surface area contributed by atoms with Crippen molar-refractivity contribution < 1.29 is 27.9 Å². The maximum absolute atomic E-state index is 11.8. The SMILES string of the molecule is COc1cc(C(=O)N=S(=O)=O)ccc1Cc1cn(C)c2ccc(C(=O)O)cc12. The molecule has 1 heterocycles. The minimum atomic E-state index is -2.83. The first kappa shape index (κ1) is 19.3. The molecule has 0 saturated heterocycles. The number of carboxylic acids is 1. The summed E-state index contributed by atoms with van der Waals surface area (Å²) in [6, 6.07) is 9.51. The molecule has 0 radical (unpaired) electrons. The molecule has 0 aliphatic rings. The van der Waals surface area contributed by atoms with Gasteiger partial charge in [0.25, 0.3) is 5.91 Å². The summed E-state index contributed by atoms with van der Waals surface area (Å²) in [6.45, 7) is 0. The third-order valence-electron chi connectivity index (χ3n) is 4.39. The van der Waals surface area contributed by atoms with Gasteiger partial charge in [-0.05, 0) is 41.5 Å². The third kappa shape index (κ3) is 3.79. The maximum Gasteiger partial charge on any atom is 0.335 e. The molecular formula is C19H16N2O6S. The number of carbonyl (C=O) groups is 2. The first-order valence-corrected chi connectivity index (χ1v) is 9.17. The number of amides is 1. The highest BCUT2D eigenvalue weighted by molar-refractivity contribution is 7.62. The van der Waals surface area contributed by atoms with Crippen LogP contribution in [-0.2, 0) is 24.0 Å². The van der Waals surface area contributed by atoms with E-state index in [-0.39, 0.29) is 11.1 Å². The molecule has 0 saturated carbocycles. The zero-order valence-electron chi connectivity index (χ0n) is 15.0. The van der Waals surface area contributed by atoms with Crippen LogP contribution in [0.25, 0.3) is 10.9 Å². The van der Waals surface area contributed by atoms with Crippen molar-refractivity contribution >= 4 is 33.3 Å². The number of hydrogen-bond acceptors (Lipinski definition) is 5. The van der Waals surface area contributed by atoms with E-state index < -0.39 is 22.4 Å². The summed E-state index contributed by atoms with van der Waals surface area (Å²) >= 11 is 0. The average Bonchev–Trinajstić information content (AvgIpc) is 2.96. The van der Waals surface area contributed by atoms with E-state index in [1.165, 1.54) is 19.2 Å². The van der Waals surface area contributed by atoms with E-state index >= 15 is 0 Å². The highest BCUT2D eigenvalue weighted by atomic mass is 32.2. The van der Waals surface area contributed by atoms with Crippen LogP contribution in [0.4, 0.5) is 0 Å². The molecule has 1 aromatic heterocycles. The summed E-state index contributed by atoms with van der Waals surface area (Å²) in [5, 5.41) is 10.1. The Balaban J connectivity index is 2.04. The summed E-state index contributed by atoms with van der Waals surface area (Å²) in [6.07, 6.45) is 2.34. The molecule has 3 aromatic rings. The summed E-state index contributed by atoms with van der Waals surface area (Å²) in [7, 11) is 0.490. The van der Waals surface area contributed by atoms with Crippen LogP contribution in [-0.4, -0.2) is 37.1 Å². The Morgan fingerprint density at radius 2 is 1.82 bits per heavy atom. The van der Waals surface area contributed by atoms with Gasteiger partial charge in [0, 0.05) is 36.1 Å². The second-order valence-electron chi connectivity index (χ2n) is 6.12. The number of fused-ring (bicyclic) bond motifs is 1. The fraction of sp³-hybridized carbons (Fsp3) is 0.158. The number of aryl methyl sites for hydroxylation is 1. The molecule has 0 fully saturated rings. The standard InChI is InChI=1S/C19H16N2O6S/c1-21-10-14(15-8-13(19(23)24)5-6-16(15)21)7-11-3-4-12(9-17(11)27-2)18(22)20-28(25)26/h3-6,8-10H,7H2,1-2H3,(H,23,24). The van der Waals surface area contributed by atoms with Gasteiger partial charge >= 0.3 is 16.5 Å². The molecule has 8 nitrogen and oxygen atoms in total. The monoisotopic (exact) mass is 400 g/mol. The number of carbonyl (C=O) groups excluding carboxylic acids is 1. The Kier molecular flexibility index (Phi) is 5.27. The molecule has 1 N–H and O–H groups in total. The van der Waals surface area contributed by atoms with Crippen molar-refractivity contribution in [2.24, 2.45) is 11.4 Å². The predicted octanol–water partition coefficient (Wildman–Crippen LogP) is 2.68. The van der Waals surface area contributed by atoms with Crippen molar-refractivity contribution in [3.63, 3.8) is 0 Å². The molecule has 0 aliphatic carbocycles. The fourth-order valence-corrected chi connectivity index (χ4v) is 3.34. The van der Waals surface area contributed by atoms with E-state index in [1.54, 1.807) is 24.3 Å². The van der Waals surface area contributed by atoms with Crippen molar-refractivity contribution in [3.05, 3.63) is 64.8 Å². The molecule has 0 spiro atoms. The van der Waals surface area contributed by atoms with Crippen LogP contribution in [0.2, 0.25) is 0 Å². The van der Waals surface area contributed by atoms with Gasteiger partial charge in [0.1, 0.15) is 5.75 Å². The predicted molar refractivity (Wildman–Crippen MR) is 101 cm³/mol. The molecule has 28 heavy (non-hydrogen) atoms. The molecular weight excluding hydrogens is 384 g/mol. The number of benzene rings is 2. The number of ether oxygens (including phenoxy) is 1. The van der Waals surface area contributed by atoms with E-state index in [4.69, 9.17) is 4.74 Å². The summed E-state index contributed by atoms with van der Waals surface area (Å²) in [5.74, 6) is -1.48. The highest BCUT2D eigenvalue weighted by Gasteiger charge is 2.15. The zero-order chi connectivity index (χ0) is 20.4. The lowest BCUT2D eigenvalue weighted by atomic mass is 10.0. The Morgan fingerprint density at radius 3 is 2.46 bits per heavy atom. The molecule has 0 bridgehead atoms. The van der Waals surface area contributed by atoms with E-state index in [9.17, 15) is 23.1 Å². The Labute approximate surface area is 161 Å². The minimum Gasteiger partial charge on any atom is -0.496 e. The highest BCUT2D eigenvalue weighted by Crippen LogP contribution is 2.29. The summed E-state index contributed by atoms with van der Waals surface area (Å²) in [4.78, 5) is 23.1. The van der Waals surface area contributed by atoms with Crippen molar-refractivity contribution in [1.29, 1.82) is 0 Å². The smallest absolute Gasteiger partial charge is 0.335 e. The van der Waals surface area contributed by atoms with Crippen LogP contribution in [0.15, 0.2) is 47.0 Å². The van der Waals surface area contributed by atoms with Gasteiger partial charge in [0.15, 0.2) is 0 Å². The van der Waals surface area contributed by atoms with Crippen LogP contribution < -0.4 is 4.74 Å². The quantitative estimate of drug-likeness (QED) is 0.704. The summed E-state index contributed by atoms with van der Waals surface area (Å²) < 4.78 is 31.4. The van der Waals surface area contributed by atoms with Crippen LogP contribution >= 0.6 is 0 Å². The molecule has 3 rings (SSSR count). The molecule has 0 aliphatic heterocycles. The first-order valence-electron chi connectivity index (χ1n) is 8.13. The fourth-order valence-electron chi connectivity index (χ4n) is 3.10. The molecule has 1 amide bonds. The van der Waals surface area contributed by atoms with Gasteiger partial charge in [0.05, 0.1) is 12.7 Å². The number of methoxy groups -OCH3 is 1. The normalized spacial score (nSPS) is 10.6. The molecule has 144 valence electrons. The van der Waals surface area contributed by atoms with Gasteiger partial charge in [-0.2, -0.15) is 8.42 Å². The number of hydrogen-bond donors (Lipinski definition) is 1. The van der Waals surface area contributed by atoms with E-state index in [0.717, 1.165) is 22.0 Å². The minimum absolute atomic E-state index is 0.0934. The molecule has 0 atom stereocenters. The Morgan fingerprint density at radius 1 is 1.11 bits per heavy atom. The van der Waals surface area contributed by atoms with Crippen molar-refractivity contribution in [2.75, 3.05) is 7.11 Å². The molecule has 9 heteroatoms. The number of carboxylic acid groups (broad SMARTS) is 1. The van der Waals surface area contributed by atoms with E-state index in [1.807, 2.05) is 17.8 Å². The van der Waals surface area contributed by atoms with Gasteiger partial charge in [0.2, 0.25) is 0 Å². The largest absolute Gasteiger partial charge is 0.496 e. The number of nitrogens with zero attached hydrogens (tertiary/aromatic N) is 2. The Bertz CT molecular complexity index is 1230. The first-order chi connectivity index (χ1) is 13.3.